The molecule has 0 aliphatic heterocycles. The second-order valence-corrected chi connectivity index (χ2v) is 30.2. The van der Waals surface area contributed by atoms with Crippen LogP contribution in [0.2, 0.25) is 0 Å². The van der Waals surface area contributed by atoms with Crippen LogP contribution in [0.5, 0.6) is 0 Å². The topological polar surface area (TPSA) is 555 Å². The average Bonchev–Trinajstić information content (AvgIpc) is 1.13. The van der Waals surface area contributed by atoms with Gasteiger partial charge in [-0.3, -0.25) is 34.6 Å². The minimum atomic E-state index is -3.31. The van der Waals surface area contributed by atoms with Gasteiger partial charge in [0.25, 0.3) is 23.6 Å². The molecule has 5 aromatic carbocycles. The Labute approximate surface area is 634 Å². The van der Waals surface area contributed by atoms with Crippen LogP contribution < -0.4 is 44.2 Å². The van der Waals surface area contributed by atoms with Gasteiger partial charge in [-0.1, -0.05) is 60.7 Å². The SMILES string of the molecule is CS(=O)(=O)c1ccc(-c2cnc(N)c(C(=O)Nc3ccc4cc[nH]c4n3)n2)cc1.CS(=O)(=O)c1ccc(-c2cnc(N)c(C(=O)Nc3n[nH]c4ccccc34)n2)cc1.CS(=O)(=O)c1ccc(-c2cnc(N)c(C(=O)Nc3nc4ccccc4[nH]3)n2)cc1.Nc1ncc(-c2cccnc2)nc1C(=O)Nc1cccn2ncnc12. The highest BCUT2D eigenvalue weighted by molar-refractivity contribution is 7.91. The number of benzene rings is 5. The highest BCUT2D eigenvalue weighted by Gasteiger charge is 2.23. The maximum atomic E-state index is 12.7. The fourth-order valence-electron chi connectivity index (χ4n) is 10.7. The van der Waals surface area contributed by atoms with Crippen molar-refractivity contribution in [2.45, 2.75) is 14.7 Å². The van der Waals surface area contributed by atoms with Crippen LogP contribution in [0.3, 0.4) is 0 Å². The number of nitrogens with two attached hydrogens (primary N) is 4. The van der Waals surface area contributed by atoms with Gasteiger partial charge in [0.2, 0.25) is 5.95 Å². The maximum absolute atomic E-state index is 12.7. The van der Waals surface area contributed by atoms with Crippen molar-refractivity contribution < 1.29 is 44.4 Å². The molecule has 16 rings (SSSR count). The van der Waals surface area contributed by atoms with Gasteiger partial charge in [0.05, 0.1) is 84.5 Å². The summed E-state index contributed by atoms with van der Waals surface area (Å²) in [6.07, 6.45) is 17.3. The Bertz CT molecular complexity index is 6470. The molecule has 0 aliphatic carbocycles. The summed E-state index contributed by atoms with van der Waals surface area (Å²) < 4.78 is 71.2. The maximum Gasteiger partial charge on any atom is 0.280 e. The number of aromatic amines is 3. The second-order valence-electron chi connectivity index (χ2n) is 24.2. The Kier molecular flexibility index (Phi) is 21.2. The first-order valence-electron chi connectivity index (χ1n) is 32.8. The number of imidazole rings is 1. The van der Waals surface area contributed by atoms with Gasteiger partial charge in [0.15, 0.2) is 87.0 Å². The minimum Gasteiger partial charge on any atom is -0.382 e. The quantitative estimate of drug-likeness (QED) is 0.0460. The second kappa shape index (κ2) is 31.7. The molecule has 11 aromatic heterocycles. The van der Waals surface area contributed by atoms with Crippen molar-refractivity contribution in [3.05, 3.63) is 242 Å². The van der Waals surface area contributed by atoms with Crippen molar-refractivity contribution in [3.63, 3.8) is 0 Å². The van der Waals surface area contributed by atoms with Gasteiger partial charge in [-0.05, 0) is 103 Å². The van der Waals surface area contributed by atoms with Gasteiger partial charge in [-0.15, -0.1) is 0 Å². The van der Waals surface area contributed by atoms with E-state index in [-0.39, 0.29) is 66.7 Å². The van der Waals surface area contributed by atoms with Gasteiger partial charge in [0.1, 0.15) is 17.8 Å². The highest BCUT2D eigenvalue weighted by atomic mass is 32.2. The Morgan fingerprint density at radius 3 is 1.43 bits per heavy atom. The molecule has 0 fully saturated rings. The normalized spacial score (nSPS) is 11.3. The van der Waals surface area contributed by atoms with Gasteiger partial charge in [0, 0.05) is 76.6 Å². The molecule has 39 heteroatoms. The summed E-state index contributed by atoms with van der Waals surface area (Å²) in [5, 5.41) is 23.3. The van der Waals surface area contributed by atoms with Crippen LogP contribution in [0.4, 0.5) is 46.5 Å². The van der Waals surface area contributed by atoms with Crippen molar-refractivity contribution in [1.29, 1.82) is 0 Å². The summed E-state index contributed by atoms with van der Waals surface area (Å²) in [6.45, 7) is 0. The van der Waals surface area contributed by atoms with Gasteiger partial charge in [-0.2, -0.15) is 10.2 Å². The van der Waals surface area contributed by atoms with Crippen molar-refractivity contribution in [1.82, 2.24) is 89.6 Å². The fourth-order valence-corrected chi connectivity index (χ4v) is 12.5. The number of fused-ring (bicyclic) bond motifs is 4. The third kappa shape index (κ3) is 17.4. The van der Waals surface area contributed by atoms with E-state index in [1.807, 2.05) is 66.7 Å². The average molecular weight is 1560 g/mol. The number of pyridine rings is 3. The van der Waals surface area contributed by atoms with Crippen LogP contribution in [0.1, 0.15) is 42.0 Å². The molecule has 0 aliphatic rings. The fraction of sp³-hybridized carbons (Fsp3) is 0.0411. The molecule has 36 nitrogen and oxygen atoms in total. The lowest BCUT2D eigenvalue weighted by Crippen LogP contribution is -2.18. The van der Waals surface area contributed by atoms with Crippen molar-refractivity contribution in [2.24, 2.45) is 0 Å². The first kappa shape index (κ1) is 75.0. The van der Waals surface area contributed by atoms with Gasteiger partial charge < -0.3 is 48.9 Å². The van der Waals surface area contributed by atoms with E-state index in [0.29, 0.717) is 73.6 Å². The predicted molar refractivity (Wildman–Crippen MR) is 418 cm³/mol. The molecule has 112 heavy (non-hydrogen) atoms. The van der Waals surface area contributed by atoms with Crippen LogP contribution >= 0.6 is 0 Å². The van der Waals surface area contributed by atoms with E-state index >= 15 is 0 Å². The zero-order chi connectivity index (χ0) is 79.0. The largest absolute Gasteiger partial charge is 0.382 e. The molecule has 0 radical (unpaired) electrons. The van der Waals surface area contributed by atoms with E-state index in [4.69, 9.17) is 22.9 Å². The number of nitrogen functional groups attached to an aromatic ring is 4. The number of carbonyl (C=O) groups excluding carboxylic acids is 4. The standard InChI is InChI=1S/3C19H16N6O3S.C16H12N8O/c1-29(27,28)13-5-2-11(3-6-13)14-10-22-17(20)16(23-14)19(26)25-15-7-4-12-8-9-21-18(12)24-15;1-29(27,28)12-8-6-11(7-9-12)15-10-21-17(20)16(22-15)18(26)25-19-23-13-4-2-3-5-14(13)24-19;1-29(27,28)12-8-6-11(7-9-12)15-10-21-17(20)16(22-15)19(26)23-18-13-4-2-3-5-14(13)24-25-18;17-14-13(22-12(8-19-14)10-3-1-5-18-7-10)16(25)23-11-4-2-6-24-15(11)20-9-21-24/h2-10H,1H3,(H2,20,22)(H2,21,24,25,26);2*2-10H,1H3,(H2,20,21)(H2,23,24,25,26);1-9H,(H2,17,19)(H,23,25). The number of sulfone groups is 3. The number of hydrogen-bond acceptors (Lipinski definition) is 28. The lowest BCUT2D eigenvalue weighted by Gasteiger charge is -2.08. The van der Waals surface area contributed by atoms with Gasteiger partial charge in [-0.25, -0.2) is 84.6 Å². The van der Waals surface area contributed by atoms with E-state index in [9.17, 15) is 44.4 Å². The summed E-state index contributed by atoms with van der Waals surface area (Å²) in [5.74, 6) is -1.24. The van der Waals surface area contributed by atoms with Crippen LogP contribution in [-0.2, 0) is 29.5 Å². The Morgan fingerprint density at radius 1 is 0.438 bits per heavy atom. The monoisotopic (exact) mass is 1560 g/mol. The molecule has 4 amide bonds. The summed E-state index contributed by atoms with van der Waals surface area (Å²) in [5.41, 5.74) is 31.3. The van der Waals surface area contributed by atoms with E-state index in [0.717, 1.165) is 46.1 Å². The number of nitrogens with one attached hydrogen (secondary N) is 7. The van der Waals surface area contributed by atoms with Crippen LogP contribution in [0, 0.1) is 0 Å². The lowest BCUT2D eigenvalue weighted by atomic mass is 10.1. The molecule has 0 atom stereocenters. The lowest BCUT2D eigenvalue weighted by molar-refractivity contribution is 0.101. The smallest absolute Gasteiger partial charge is 0.280 e. The molecule has 0 bridgehead atoms. The number of anilines is 8. The molecule has 0 spiro atoms. The number of para-hydroxylation sites is 3. The number of carbonyl (C=O) groups is 4. The zero-order valence-electron chi connectivity index (χ0n) is 58.6. The van der Waals surface area contributed by atoms with Gasteiger partial charge >= 0.3 is 0 Å². The highest BCUT2D eigenvalue weighted by Crippen LogP contribution is 2.28. The molecule has 560 valence electrons. The Hall–Kier alpha value is -15.3. The third-order valence-corrected chi connectivity index (χ3v) is 19.7. The molecular formula is C73H60N26O10S3. The summed E-state index contributed by atoms with van der Waals surface area (Å²) >= 11 is 0. The van der Waals surface area contributed by atoms with E-state index < -0.39 is 53.1 Å². The summed E-state index contributed by atoms with van der Waals surface area (Å²) in [6, 6.07) is 45.5. The number of aromatic nitrogens is 18. The summed E-state index contributed by atoms with van der Waals surface area (Å²) in [4.78, 5) is 107. The number of rotatable bonds is 15. The number of hydrogen-bond donors (Lipinski definition) is 11. The van der Waals surface area contributed by atoms with Crippen molar-refractivity contribution in [2.75, 3.05) is 63.0 Å². The van der Waals surface area contributed by atoms with Crippen molar-refractivity contribution in [3.8, 4) is 45.0 Å². The number of H-pyrrole nitrogens is 3. The van der Waals surface area contributed by atoms with E-state index in [1.165, 1.54) is 67.5 Å². The molecule has 0 unspecified atom stereocenters. The first-order chi connectivity index (χ1) is 53.7. The zero-order valence-corrected chi connectivity index (χ0v) is 61.1. The van der Waals surface area contributed by atoms with E-state index in [2.05, 4.69) is 106 Å². The van der Waals surface area contributed by atoms with Crippen molar-refractivity contribution >= 4 is 138 Å². The van der Waals surface area contributed by atoms with Crippen LogP contribution in [0.15, 0.2) is 234 Å². The Balaban J connectivity index is 0.000000131. The van der Waals surface area contributed by atoms with Crippen LogP contribution in [0.25, 0.3) is 83.6 Å². The molecule has 16 aromatic rings. The molecule has 0 saturated carbocycles. The molecule has 0 saturated heterocycles. The Morgan fingerprint density at radius 2 is 0.920 bits per heavy atom. The number of nitrogens with zero attached hydrogens (tertiary/aromatic N) is 15. The van der Waals surface area contributed by atoms with Crippen LogP contribution in [-0.4, -0.2) is 157 Å². The summed E-state index contributed by atoms with van der Waals surface area (Å²) in [7, 11) is -9.92. The molecular weight excluding hydrogens is 1500 g/mol. The first-order valence-corrected chi connectivity index (χ1v) is 38.5. The van der Waals surface area contributed by atoms with E-state index in [1.54, 1.807) is 90.0 Å². The third-order valence-electron chi connectivity index (χ3n) is 16.3. The predicted octanol–water partition coefficient (Wildman–Crippen LogP) is 8.19. The molecule has 11 heterocycles. The minimum absolute atomic E-state index is 0.0278. The molecule has 15 N–H and O–H groups in total. The number of amides is 4.